The molecule has 4 heteroatoms. The van der Waals surface area contributed by atoms with E-state index in [1.807, 2.05) is 29.2 Å². The molecule has 19 heavy (non-hydrogen) atoms. The van der Waals surface area contributed by atoms with E-state index >= 15 is 0 Å². The van der Waals surface area contributed by atoms with Gasteiger partial charge in [0, 0.05) is 26.2 Å². The van der Waals surface area contributed by atoms with Crippen LogP contribution in [-0.4, -0.2) is 55.5 Å². The first-order chi connectivity index (χ1) is 9.22. The molecule has 4 nitrogen and oxygen atoms in total. The normalized spacial score (nSPS) is 16.2. The number of rotatable bonds is 4. The van der Waals surface area contributed by atoms with Crippen LogP contribution < -0.4 is 4.74 Å². The van der Waals surface area contributed by atoms with E-state index in [-0.39, 0.29) is 5.91 Å². The summed E-state index contributed by atoms with van der Waals surface area (Å²) in [6.07, 6.45) is 1.68. The molecule has 1 aliphatic heterocycles. The lowest BCUT2D eigenvalue weighted by Crippen LogP contribution is -2.47. The minimum absolute atomic E-state index is 0.0489. The molecule has 1 saturated heterocycles. The Hall–Kier alpha value is -1.81. The Kier molecular flexibility index (Phi) is 4.58. The Labute approximate surface area is 114 Å². The standard InChI is InChI=1S/C15H20N2O2/c1-3-12-19-14-7-5-4-6-13(14)15(18)17-10-8-16(2)9-11-17/h3-7H,1,8-12H2,2H3. The van der Waals surface area contributed by atoms with Crippen LogP contribution in [0.15, 0.2) is 36.9 Å². The number of hydrogen-bond donors (Lipinski definition) is 0. The van der Waals surface area contributed by atoms with Crippen LogP contribution in [0.1, 0.15) is 10.4 Å². The molecule has 0 bridgehead atoms. The lowest BCUT2D eigenvalue weighted by atomic mass is 10.1. The van der Waals surface area contributed by atoms with Crippen LogP contribution in [0.5, 0.6) is 5.75 Å². The van der Waals surface area contributed by atoms with Crippen molar-refractivity contribution in [3.8, 4) is 5.75 Å². The Morgan fingerprint density at radius 3 is 2.68 bits per heavy atom. The molecule has 1 aliphatic rings. The second kappa shape index (κ2) is 6.38. The van der Waals surface area contributed by atoms with E-state index in [1.54, 1.807) is 6.08 Å². The summed E-state index contributed by atoms with van der Waals surface area (Å²) in [7, 11) is 2.07. The average molecular weight is 260 g/mol. The highest BCUT2D eigenvalue weighted by molar-refractivity contribution is 5.97. The first-order valence-electron chi connectivity index (χ1n) is 6.53. The van der Waals surface area contributed by atoms with E-state index in [0.29, 0.717) is 17.9 Å². The van der Waals surface area contributed by atoms with Gasteiger partial charge in [-0.1, -0.05) is 24.8 Å². The third kappa shape index (κ3) is 3.35. The minimum Gasteiger partial charge on any atom is -0.489 e. The molecule has 0 saturated carbocycles. The van der Waals surface area contributed by atoms with Gasteiger partial charge in [0.05, 0.1) is 5.56 Å². The summed E-state index contributed by atoms with van der Waals surface area (Å²) in [5.74, 6) is 0.680. The Bertz CT molecular complexity index is 451. The van der Waals surface area contributed by atoms with Crippen LogP contribution in [0.3, 0.4) is 0 Å². The maximum Gasteiger partial charge on any atom is 0.257 e. The van der Waals surface area contributed by atoms with Gasteiger partial charge in [0.2, 0.25) is 0 Å². The molecule has 0 radical (unpaired) electrons. The molecule has 0 aromatic heterocycles. The van der Waals surface area contributed by atoms with Gasteiger partial charge in [0.15, 0.2) is 0 Å². The first-order valence-corrected chi connectivity index (χ1v) is 6.53. The molecule has 0 unspecified atom stereocenters. The number of para-hydroxylation sites is 1. The topological polar surface area (TPSA) is 32.8 Å². The van der Waals surface area contributed by atoms with Gasteiger partial charge in [0.25, 0.3) is 5.91 Å². The highest BCUT2D eigenvalue weighted by Gasteiger charge is 2.22. The Morgan fingerprint density at radius 1 is 1.32 bits per heavy atom. The lowest BCUT2D eigenvalue weighted by molar-refractivity contribution is 0.0660. The molecule has 1 amide bonds. The zero-order chi connectivity index (χ0) is 13.7. The maximum absolute atomic E-state index is 12.5. The molecule has 102 valence electrons. The predicted molar refractivity (Wildman–Crippen MR) is 75.5 cm³/mol. The SMILES string of the molecule is C=CCOc1ccccc1C(=O)N1CCN(C)CC1. The summed E-state index contributed by atoms with van der Waals surface area (Å²) >= 11 is 0. The summed E-state index contributed by atoms with van der Waals surface area (Å²) < 4.78 is 5.54. The number of hydrogen-bond acceptors (Lipinski definition) is 3. The maximum atomic E-state index is 12.5. The monoisotopic (exact) mass is 260 g/mol. The zero-order valence-corrected chi connectivity index (χ0v) is 11.3. The van der Waals surface area contributed by atoms with Crippen molar-refractivity contribution in [2.75, 3.05) is 39.8 Å². The largest absolute Gasteiger partial charge is 0.489 e. The van der Waals surface area contributed by atoms with Gasteiger partial charge in [-0.15, -0.1) is 0 Å². The zero-order valence-electron chi connectivity index (χ0n) is 11.3. The van der Waals surface area contributed by atoms with Crippen molar-refractivity contribution < 1.29 is 9.53 Å². The molecule has 1 aromatic carbocycles. The van der Waals surface area contributed by atoms with E-state index in [0.717, 1.165) is 26.2 Å². The molecular weight excluding hydrogens is 240 g/mol. The number of benzene rings is 1. The molecular formula is C15H20N2O2. The second-order valence-corrected chi connectivity index (χ2v) is 4.69. The third-order valence-corrected chi connectivity index (χ3v) is 3.26. The summed E-state index contributed by atoms with van der Waals surface area (Å²) in [6.45, 7) is 7.41. The van der Waals surface area contributed by atoms with Gasteiger partial charge in [0.1, 0.15) is 12.4 Å². The van der Waals surface area contributed by atoms with Gasteiger partial charge >= 0.3 is 0 Å². The van der Waals surface area contributed by atoms with Crippen LogP contribution in [0.4, 0.5) is 0 Å². The summed E-state index contributed by atoms with van der Waals surface area (Å²) in [5.41, 5.74) is 0.633. The Morgan fingerprint density at radius 2 is 2.00 bits per heavy atom. The van der Waals surface area contributed by atoms with E-state index in [4.69, 9.17) is 4.74 Å². The third-order valence-electron chi connectivity index (χ3n) is 3.26. The highest BCUT2D eigenvalue weighted by atomic mass is 16.5. The molecule has 1 fully saturated rings. The number of nitrogens with zero attached hydrogens (tertiary/aromatic N) is 2. The molecule has 2 rings (SSSR count). The fourth-order valence-electron chi connectivity index (χ4n) is 2.10. The first kappa shape index (κ1) is 13.6. The number of ether oxygens (including phenoxy) is 1. The second-order valence-electron chi connectivity index (χ2n) is 4.69. The Balaban J connectivity index is 2.11. The van der Waals surface area contributed by atoms with Gasteiger partial charge in [-0.25, -0.2) is 0 Å². The molecule has 1 heterocycles. The van der Waals surface area contributed by atoms with E-state index in [2.05, 4.69) is 18.5 Å². The number of piperazine rings is 1. The number of amides is 1. The molecule has 0 N–H and O–H groups in total. The van der Waals surface area contributed by atoms with Crippen molar-refractivity contribution in [2.45, 2.75) is 0 Å². The van der Waals surface area contributed by atoms with Crippen LogP contribution in [-0.2, 0) is 0 Å². The smallest absolute Gasteiger partial charge is 0.257 e. The molecule has 0 aliphatic carbocycles. The molecule has 0 atom stereocenters. The van der Waals surface area contributed by atoms with Crippen molar-refractivity contribution >= 4 is 5.91 Å². The van der Waals surface area contributed by atoms with Crippen molar-refractivity contribution in [1.82, 2.24) is 9.80 Å². The van der Waals surface area contributed by atoms with Crippen LogP contribution >= 0.6 is 0 Å². The van der Waals surface area contributed by atoms with Crippen LogP contribution in [0.2, 0.25) is 0 Å². The van der Waals surface area contributed by atoms with E-state index < -0.39 is 0 Å². The van der Waals surface area contributed by atoms with Crippen molar-refractivity contribution in [3.63, 3.8) is 0 Å². The van der Waals surface area contributed by atoms with Crippen molar-refractivity contribution in [2.24, 2.45) is 0 Å². The molecule has 1 aromatic rings. The van der Waals surface area contributed by atoms with E-state index in [9.17, 15) is 4.79 Å². The van der Waals surface area contributed by atoms with Gasteiger partial charge in [-0.05, 0) is 19.2 Å². The van der Waals surface area contributed by atoms with E-state index in [1.165, 1.54) is 0 Å². The molecule has 0 spiro atoms. The van der Waals surface area contributed by atoms with Gasteiger partial charge in [-0.2, -0.15) is 0 Å². The number of likely N-dealkylation sites (N-methyl/N-ethyl adjacent to an activating group) is 1. The van der Waals surface area contributed by atoms with Crippen LogP contribution in [0.25, 0.3) is 0 Å². The van der Waals surface area contributed by atoms with Crippen LogP contribution in [0, 0.1) is 0 Å². The van der Waals surface area contributed by atoms with Gasteiger partial charge in [-0.3, -0.25) is 4.79 Å². The summed E-state index contributed by atoms with van der Waals surface area (Å²) in [4.78, 5) is 16.6. The fraction of sp³-hybridized carbons (Fsp3) is 0.400. The number of carbonyl (C=O) groups excluding carboxylic acids is 1. The number of carbonyl (C=O) groups is 1. The summed E-state index contributed by atoms with van der Waals surface area (Å²) in [5, 5.41) is 0. The van der Waals surface area contributed by atoms with Crippen molar-refractivity contribution in [3.05, 3.63) is 42.5 Å². The highest BCUT2D eigenvalue weighted by Crippen LogP contribution is 2.20. The average Bonchev–Trinajstić information content (AvgIpc) is 2.45. The quantitative estimate of drug-likeness (QED) is 0.772. The summed E-state index contributed by atoms with van der Waals surface area (Å²) in [6, 6.07) is 7.38. The fourth-order valence-corrected chi connectivity index (χ4v) is 2.10. The predicted octanol–water partition coefficient (Wildman–Crippen LogP) is 1.64. The van der Waals surface area contributed by atoms with Gasteiger partial charge < -0.3 is 14.5 Å². The van der Waals surface area contributed by atoms with Crippen molar-refractivity contribution in [1.29, 1.82) is 0 Å². The lowest BCUT2D eigenvalue weighted by Gasteiger charge is -2.32. The minimum atomic E-state index is 0.0489.